The predicted molar refractivity (Wildman–Crippen MR) is 70.8 cm³/mol. The molecule has 0 saturated carbocycles. The van der Waals surface area contributed by atoms with Crippen LogP contribution in [0.4, 0.5) is 0 Å². The van der Waals surface area contributed by atoms with Crippen LogP contribution in [0.1, 0.15) is 33.6 Å². The summed E-state index contributed by atoms with van der Waals surface area (Å²) < 4.78 is 21.8. The molecule has 0 aliphatic heterocycles. The lowest BCUT2D eigenvalue weighted by molar-refractivity contribution is -0.220. The number of rotatable bonds is 9. The standard InChI is InChI=1S/C14H24O5/c1-5-17-12-10-14(18-6-2,19-7-3)13(15)11(12)8-9-16-4/h5-10H2,1-4H3. The Kier molecular flexibility index (Phi) is 6.48. The Hall–Kier alpha value is -0.910. The molecule has 1 aliphatic rings. The van der Waals surface area contributed by atoms with Crippen molar-refractivity contribution in [3.63, 3.8) is 0 Å². The van der Waals surface area contributed by atoms with Crippen LogP contribution in [-0.4, -0.2) is 45.1 Å². The van der Waals surface area contributed by atoms with Gasteiger partial charge in [-0.05, 0) is 20.8 Å². The van der Waals surface area contributed by atoms with Gasteiger partial charge in [-0.25, -0.2) is 0 Å². The van der Waals surface area contributed by atoms with E-state index >= 15 is 0 Å². The van der Waals surface area contributed by atoms with Crippen molar-refractivity contribution in [1.82, 2.24) is 0 Å². The molecule has 0 spiro atoms. The van der Waals surface area contributed by atoms with Gasteiger partial charge in [0.15, 0.2) is 0 Å². The van der Waals surface area contributed by atoms with E-state index in [4.69, 9.17) is 18.9 Å². The maximum atomic E-state index is 12.6. The van der Waals surface area contributed by atoms with E-state index in [2.05, 4.69) is 0 Å². The molecule has 19 heavy (non-hydrogen) atoms. The number of hydrogen-bond acceptors (Lipinski definition) is 5. The van der Waals surface area contributed by atoms with Crippen molar-refractivity contribution in [2.75, 3.05) is 33.5 Å². The van der Waals surface area contributed by atoms with Gasteiger partial charge in [-0.15, -0.1) is 0 Å². The summed E-state index contributed by atoms with van der Waals surface area (Å²) >= 11 is 0. The molecule has 0 radical (unpaired) electrons. The van der Waals surface area contributed by atoms with E-state index in [1.165, 1.54) is 0 Å². The number of ether oxygens (including phenoxy) is 4. The first kappa shape index (κ1) is 16.1. The number of carbonyl (C=O) groups excluding carboxylic acids is 1. The van der Waals surface area contributed by atoms with Gasteiger partial charge in [-0.1, -0.05) is 0 Å². The lowest BCUT2D eigenvalue weighted by Crippen LogP contribution is -2.42. The molecule has 1 aliphatic carbocycles. The van der Waals surface area contributed by atoms with Gasteiger partial charge in [-0.3, -0.25) is 4.79 Å². The van der Waals surface area contributed by atoms with Crippen LogP contribution in [0.15, 0.2) is 11.3 Å². The molecule has 0 aromatic rings. The summed E-state index contributed by atoms with van der Waals surface area (Å²) in [6.07, 6.45) is 0.868. The maximum absolute atomic E-state index is 12.6. The SMILES string of the molecule is CCOC1=C(CCOC)C(=O)C(OCC)(OCC)C1. The Bertz CT molecular complexity index is 329. The molecule has 0 bridgehead atoms. The number of hydrogen-bond donors (Lipinski definition) is 0. The van der Waals surface area contributed by atoms with Gasteiger partial charge < -0.3 is 18.9 Å². The lowest BCUT2D eigenvalue weighted by atomic mass is 10.1. The summed E-state index contributed by atoms with van der Waals surface area (Å²) in [5, 5.41) is 0. The molecule has 5 nitrogen and oxygen atoms in total. The molecule has 0 amide bonds. The van der Waals surface area contributed by atoms with Crippen LogP contribution >= 0.6 is 0 Å². The summed E-state index contributed by atoms with van der Waals surface area (Å²) in [4.78, 5) is 12.6. The van der Waals surface area contributed by atoms with Gasteiger partial charge in [0.1, 0.15) is 5.76 Å². The smallest absolute Gasteiger partial charge is 0.240 e. The molecule has 0 aromatic carbocycles. The Morgan fingerprint density at radius 1 is 1.11 bits per heavy atom. The third-order valence-electron chi connectivity index (χ3n) is 2.98. The summed E-state index contributed by atoms with van der Waals surface area (Å²) in [5.41, 5.74) is 0.630. The van der Waals surface area contributed by atoms with Crippen LogP contribution in [0.5, 0.6) is 0 Å². The molecular weight excluding hydrogens is 248 g/mol. The van der Waals surface area contributed by atoms with Crippen molar-refractivity contribution in [2.24, 2.45) is 0 Å². The van der Waals surface area contributed by atoms with Crippen molar-refractivity contribution in [1.29, 1.82) is 0 Å². The van der Waals surface area contributed by atoms with Crippen LogP contribution in [-0.2, 0) is 23.7 Å². The second kappa shape index (κ2) is 7.62. The fourth-order valence-corrected chi connectivity index (χ4v) is 2.27. The molecule has 0 unspecified atom stereocenters. The van der Waals surface area contributed by atoms with Gasteiger partial charge in [0.25, 0.3) is 0 Å². The average molecular weight is 272 g/mol. The van der Waals surface area contributed by atoms with Crippen molar-refractivity contribution in [2.45, 2.75) is 39.4 Å². The first-order valence-electron chi connectivity index (χ1n) is 6.81. The zero-order valence-electron chi connectivity index (χ0n) is 12.3. The largest absolute Gasteiger partial charge is 0.498 e. The highest BCUT2D eigenvalue weighted by Gasteiger charge is 2.49. The Labute approximate surface area is 114 Å². The van der Waals surface area contributed by atoms with E-state index < -0.39 is 5.79 Å². The second-order valence-electron chi connectivity index (χ2n) is 4.20. The molecule has 0 saturated heterocycles. The normalized spacial score (nSPS) is 18.2. The van der Waals surface area contributed by atoms with Crippen LogP contribution in [0.2, 0.25) is 0 Å². The summed E-state index contributed by atoms with van der Waals surface area (Å²) in [6, 6.07) is 0. The van der Waals surface area contributed by atoms with Crippen LogP contribution < -0.4 is 0 Å². The molecule has 0 N–H and O–H groups in total. The lowest BCUT2D eigenvalue weighted by Gasteiger charge is -2.27. The Morgan fingerprint density at radius 3 is 2.21 bits per heavy atom. The number of methoxy groups -OCH3 is 1. The number of Topliss-reactive ketones (excluding diaryl/α,β-unsaturated/α-hetero) is 1. The minimum absolute atomic E-state index is 0.128. The minimum Gasteiger partial charge on any atom is -0.498 e. The van der Waals surface area contributed by atoms with Gasteiger partial charge in [0.2, 0.25) is 11.6 Å². The van der Waals surface area contributed by atoms with E-state index in [0.717, 1.165) is 0 Å². The highest BCUT2D eigenvalue weighted by atomic mass is 16.7. The zero-order chi connectivity index (χ0) is 14.3. The zero-order valence-corrected chi connectivity index (χ0v) is 12.3. The van der Waals surface area contributed by atoms with E-state index in [1.54, 1.807) is 7.11 Å². The van der Waals surface area contributed by atoms with Crippen molar-refractivity contribution in [3.05, 3.63) is 11.3 Å². The average Bonchev–Trinajstić information content (AvgIpc) is 2.62. The van der Waals surface area contributed by atoms with Crippen molar-refractivity contribution >= 4 is 5.78 Å². The summed E-state index contributed by atoms with van der Waals surface area (Å²) in [7, 11) is 1.61. The van der Waals surface area contributed by atoms with E-state index in [9.17, 15) is 4.79 Å². The number of carbonyl (C=O) groups is 1. The fourth-order valence-electron chi connectivity index (χ4n) is 2.27. The third-order valence-corrected chi connectivity index (χ3v) is 2.98. The first-order chi connectivity index (χ1) is 9.15. The quantitative estimate of drug-likeness (QED) is 0.601. The maximum Gasteiger partial charge on any atom is 0.240 e. The van der Waals surface area contributed by atoms with E-state index in [-0.39, 0.29) is 5.78 Å². The number of ketones is 1. The van der Waals surface area contributed by atoms with Gasteiger partial charge in [0.05, 0.1) is 19.6 Å². The van der Waals surface area contributed by atoms with Crippen LogP contribution in [0, 0.1) is 0 Å². The molecule has 5 heteroatoms. The highest BCUT2D eigenvalue weighted by molar-refractivity contribution is 6.04. The highest BCUT2D eigenvalue weighted by Crippen LogP contribution is 2.37. The second-order valence-corrected chi connectivity index (χ2v) is 4.20. The summed E-state index contributed by atoms with van der Waals surface area (Å²) in [6.45, 7) is 7.43. The molecule has 0 atom stereocenters. The van der Waals surface area contributed by atoms with Gasteiger partial charge in [0, 0.05) is 32.3 Å². The van der Waals surface area contributed by atoms with Crippen molar-refractivity contribution in [3.8, 4) is 0 Å². The van der Waals surface area contributed by atoms with Crippen LogP contribution in [0.25, 0.3) is 0 Å². The predicted octanol–water partition coefficient (Wildman–Crippen LogP) is 2.06. The van der Waals surface area contributed by atoms with Gasteiger partial charge >= 0.3 is 0 Å². The van der Waals surface area contributed by atoms with E-state index in [1.807, 2.05) is 20.8 Å². The monoisotopic (exact) mass is 272 g/mol. The molecular formula is C14H24O5. The van der Waals surface area contributed by atoms with E-state index in [0.29, 0.717) is 50.6 Å². The van der Waals surface area contributed by atoms with Crippen molar-refractivity contribution < 1.29 is 23.7 Å². The first-order valence-corrected chi connectivity index (χ1v) is 6.81. The third kappa shape index (κ3) is 3.55. The molecule has 0 heterocycles. The molecule has 1 rings (SSSR count). The van der Waals surface area contributed by atoms with Gasteiger partial charge in [-0.2, -0.15) is 0 Å². The minimum atomic E-state index is -1.20. The molecule has 0 fully saturated rings. The summed E-state index contributed by atoms with van der Waals surface area (Å²) in [5.74, 6) is -0.653. The Balaban J connectivity index is 2.95. The Morgan fingerprint density at radius 2 is 1.74 bits per heavy atom. The molecule has 0 aromatic heterocycles. The van der Waals surface area contributed by atoms with Crippen LogP contribution in [0.3, 0.4) is 0 Å². The fraction of sp³-hybridized carbons (Fsp3) is 0.786. The molecule has 110 valence electrons. The topological polar surface area (TPSA) is 54.0 Å².